The number of nitrogens with zero attached hydrogens (tertiary/aromatic N) is 2. The van der Waals surface area contributed by atoms with Crippen LogP contribution in [0.2, 0.25) is 0 Å². The molecule has 1 aromatic rings. The van der Waals surface area contributed by atoms with Crippen molar-refractivity contribution in [1.82, 2.24) is 10.2 Å². The van der Waals surface area contributed by atoms with Gasteiger partial charge in [0.05, 0.1) is 5.56 Å². The third-order valence-electron chi connectivity index (χ3n) is 2.41. The molecule has 110 valence electrons. The van der Waals surface area contributed by atoms with Crippen LogP contribution in [-0.4, -0.2) is 36.7 Å². The van der Waals surface area contributed by atoms with Crippen molar-refractivity contribution in [2.24, 2.45) is 0 Å². The maximum atomic E-state index is 11.7. The van der Waals surface area contributed by atoms with E-state index >= 15 is 0 Å². The number of amides is 1. The van der Waals surface area contributed by atoms with Crippen LogP contribution < -0.4 is 5.32 Å². The molecule has 0 aromatic carbocycles. The number of rotatable bonds is 5. The quantitative estimate of drug-likeness (QED) is 0.848. The van der Waals surface area contributed by atoms with Crippen molar-refractivity contribution >= 4 is 17.4 Å². The molecule has 1 N–H and O–H groups in total. The molecule has 1 amide bonds. The maximum Gasteiger partial charge on any atom is 0.410 e. The molecule has 1 aromatic heterocycles. The summed E-state index contributed by atoms with van der Waals surface area (Å²) in [6, 6.07) is 3.98. The van der Waals surface area contributed by atoms with E-state index in [1.807, 2.05) is 32.2 Å². The number of nitriles is 1. The summed E-state index contributed by atoms with van der Waals surface area (Å²) >= 11 is 1.56. The molecule has 5 nitrogen and oxygen atoms in total. The Balaban J connectivity index is 2.23. The van der Waals surface area contributed by atoms with Crippen LogP contribution in [0.3, 0.4) is 0 Å². The lowest BCUT2D eigenvalue weighted by atomic mass is 10.2. The third-order valence-corrected chi connectivity index (χ3v) is 3.35. The minimum Gasteiger partial charge on any atom is -0.444 e. The fourth-order valence-electron chi connectivity index (χ4n) is 1.42. The van der Waals surface area contributed by atoms with Crippen molar-refractivity contribution in [3.63, 3.8) is 0 Å². The van der Waals surface area contributed by atoms with Crippen LogP contribution in [0.4, 0.5) is 4.79 Å². The van der Waals surface area contributed by atoms with Crippen LogP contribution in [0.25, 0.3) is 0 Å². The van der Waals surface area contributed by atoms with E-state index < -0.39 is 5.60 Å². The second-order valence-electron chi connectivity index (χ2n) is 5.49. The molecule has 0 aliphatic carbocycles. The van der Waals surface area contributed by atoms with Crippen LogP contribution >= 0.6 is 11.3 Å². The molecule has 1 rings (SSSR count). The Morgan fingerprint density at radius 1 is 1.55 bits per heavy atom. The molecule has 20 heavy (non-hydrogen) atoms. The first-order valence-electron chi connectivity index (χ1n) is 6.44. The van der Waals surface area contributed by atoms with Crippen LogP contribution in [0.1, 0.15) is 31.2 Å². The van der Waals surface area contributed by atoms with Gasteiger partial charge in [0.25, 0.3) is 0 Å². The van der Waals surface area contributed by atoms with E-state index in [1.54, 1.807) is 23.3 Å². The van der Waals surface area contributed by atoms with Gasteiger partial charge in [0.2, 0.25) is 0 Å². The first-order valence-corrected chi connectivity index (χ1v) is 7.32. The van der Waals surface area contributed by atoms with Gasteiger partial charge in [-0.1, -0.05) is 0 Å². The molecule has 1 heterocycles. The molecule has 0 saturated carbocycles. The summed E-state index contributed by atoms with van der Waals surface area (Å²) in [6.07, 6.45) is -0.317. The van der Waals surface area contributed by atoms with Crippen molar-refractivity contribution in [1.29, 1.82) is 5.26 Å². The van der Waals surface area contributed by atoms with Gasteiger partial charge in [-0.3, -0.25) is 0 Å². The normalized spacial score (nSPS) is 10.9. The smallest absolute Gasteiger partial charge is 0.410 e. The van der Waals surface area contributed by atoms with E-state index in [1.165, 1.54) is 0 Å². The second kappa shape index (κ2) is 7.27. The van der Waals surface area contributed by atoms with Crippen LogP contribution in [0, 0.1) is 11.3 Å². The minimum atomic E-state index is -0.469. The van der Waals surface area contributed by atoms with Crippen molar-refractivity contribution in [2.75, 3.05) is 20.1 Å². The van der Waals surface area contributed by atoms with Gasteiger partial charge >= 0.3 is 6.09 Å². The lowest BCUT2D eigenvalue weighted by molar-refractivity contribution is 0.0300. The van der Waals surface area contributed by atoms with Gasteiger partial charge in [-0.05, 0) is 26.8 Å². The van der Waals surface area contributed by atoms with Crippen molar-refractivity contribution in [3.05, 3.63) is 21.9 Å². The Hall–Kier alpha value is -1.58. The van der Waals surface area contributed by atoms with E-state index in [2.05, 4.69) is 11.4 Å². The van der Waals surface area contributed by atoms with E-state index in [-0.39, 0.29) is 6.09 Å². The highest BCUT2D eigenvalue weighted by molar-refractivity contribution is 7.10. The number of hydrogen-bond acceptors (Lipinski definition) is 5. The number of carbonyl (C=O) groups excluding carboxylic acids is 1. The van der Waals surface area contributed by atoms with E-state index in [4.69, 9.17) is 10.00 Å². The molecule has 0 unspecified atom stereocenters. The molecule has 6 heteroatoms. The van der Waals surface area contributed by atoms with Gasteiger partial charge in [-0.15, -0.1) is 11.3 Å². The first-order chi connectivity index (χ1) is 9.31. The molecule has 0 aliphatic rings. The average Bonchev–Trinajstić information content (AvgIpc) is 2.80. The van der Waals surface area contributed by atoms with Gasteiger partial charge < -0.3 is 15.0 Å². The zero-order chi connectivity index (χ0) is 15.2. The van der Waals surface area contributed by atoms with E-state index in [0.29, 0.717) is 25.2 Å². The van der Waals surface area contributed by atoms with Gasteiger partial charge in [-0.2, -0.15) is 5.26 Å². The predicted octanol–water partition coefficient (Wildman–Crippen LogP) is 2.58. The first kappa shape index (κ1) is 16.5. The number of hydrogen-bond donors (Lipinski definition) is 1. The highest BCUT2D eigenvalue weighted by atomic mass is 32.1. The van der Waals surface area contributed by atoms with Gasteiger partial charge in [0.1, 0.15) is 11.7 Å². The van der Waals surface area contributed by atoms with Crippen LogP contribution in [-0.2, 0) is 11.3 Å². The Bertz CT molecular complexity index is 485. The number of carbonyl (C=O) groups is 1. The molecular weight excluding hydrogens is 274 g/mol. The summed E-state index contributed by atoms with van der Waals surface area (Å²) in [5.74, 6) is 0. The summed E-state index contributed by atoms with van der Waals surface area (Å²) in [4.78, 5) is 14.4. The Morgan fingerprint density at radius 3 is 2.80 bits per heavy atom. The van der Waals surface area contributed by atoms with Crippen molar-refractivity contribution in [2.45, 2.75) is 32.9 Å². The van der Waals surface area contributed by atoms with Gasteiger partial charge in [-0.25, -0.2) is 4.79 Å². The number of nitrogens with one attached hydrogen (secondary N) is 1. The lowest BCUT2D eigenvalue weighted by Crippen LogP contribution is -2.37. The van der Waals surface area contributed by atoms with Crippen molar-refractivity contribution < 1.29 is 9.53 Å². The third kappa shape index (κ3) is 6.04. The standard InChI is InChI=1S/C14H21N3O2S/c1-14(2,3)19-13(18)17(4)6-5-16-9-12-7-11(8-15)10-20-12/h7,10,16H,5-6,9H2,1-4H3. The summed E-state index contributed by atoms with van der Waals surface area (Å²) in [5, 5.41) is 13.8. The van der Waals surface area contributed by atoms with E-state index in [9.17, 15) is 4.79 Å². The molecular formula is C14H21N3O2S. The summed E-state index contributed by atoms with van der Waals surface area (Å²) in [5.41, 5.74) is 0.223. The van der Waals surface area contributed by atoms with Crippen molar-refractivity contribution in [3.8, 4) is 6.07 Å². The Labute approximate surface area is 124 Å². The second-order valence-corrected chi connectivity index (χ2v) is 6.49. The largest absolute Gasteiger partial charge is 0.444 e. The number of likely N-dealkylation sites (N-methyl/N-ethyl adjacent to an activating group) is 1. The summed E-state index contributed by atoms with van der Waals surface area (Å²) in [6.45, 7) is 7.50. The van der Waals surface area contributed by atoms with E-state index in [0.717, 1.165) is 4.88 Å². The van der Waals surface area contributed by atoms with Gasteiger partial charge in [0.15, 0.2) is 0 Å². The minimum absolute atomic E-state index is 0.317. The highest BCUT2D eigenvalue weighted by Gasteiger charge is 2.18. The molecule has 0 saturated heterocycles. The number of thiophene rings is 1. The molecule has 0 atom stereocenters. The molecule has 0 bridgehead atoms. The van der Waals surface area contributed by atoms with Gasteiger partial charge in [0, 0.05) is 36.9 Å². The zero-order valence-electron chi connectivity index (χ0n) is 12.4. The monoisotopic (exact) mass is 295 g/mol. The topological polar surface area (TPSA) is 65.4 Å². The maximum absolute atomic E-state index is 11.7. The molecule has 0 spiro atoms. The zero-order valence-corrected chi connectivity index (χ0v) is 13.2. The average molecular weight is 295 g/mol. The summed E-state index contributed by atoms with van der Waals surface area (Å²) in [7, 11) is 1.72. The fraction of sp³-hybridized carbons (Fsp3) is 0.571. The molecule has 0 aliphatic heterocycles. The SMILES string of the molecule is CN(CCNCc1cc(C#N)cs1)C(=O)OC(C)(C)C. The number of ether oxygens (including phenoxy) is 1. The Kier molecular flexibility index (Phi) is 5.99. The summed E-state index contributed by atoms with van der Waals surface area (Å²) < 4.78 is 5.26. The Morgan fingerprint density at radius 2 is 2.25 bits per heavy atom. The fourth-order valence-corrected chi connectivity index (χ4v) is 2.20. The lowest BCUT2D eigenvalue weighted by Gasteiger charge is -2.24. The van der Waals surface area contributed by atoms with Crippen LogP contribution in [0.15, 0.2) is 11.4 Å². The van der Waals surface area contributed by atoms with Crippen LogP contribution in [0.5, 0.6) is 0 Å². The molecule has 0 fully saturated rings. The highest BCUT2D eigenvalue weighted by Crippen LogP contribution is 2.13. The predicted molar refractivity (Wildman–Crippen MR) is 79.6 cm³/mol. The molecule has 0 radical (unpaired) electrons.